The average molecular weight is 770 g/mol. The molecule has 0 amide bonds. The summed E-state index contributed by atoms with van der Waals surface area (Å²) < 4.78 is 2.65. The van der Waals surface area contributed by atoms with Crippen LogP contribution in [0.1, 0.15) is 104 Å². The Bertz CT molecular complexity index is 2790. The third-order valence-corrected chi connectivity index (χ3v) is 13.4. The molecule has 0 bridgehead atoms. The first-order chi connectivity index (χ1) is 28.0. The van der Waals surface area contributed by atoms with Crippen LogP contribution in [0.5, 0.6) is 0 Å². The Labute approximate surface area is 352 Å². The summed E-state index contributed by atoms with van der Waals surface area (Å²) in [5.41, 5.74) is 21.8. The van der Waals surface area contributed by atoms with Crippen LogP contribution in [0.4, 0.5) is 34.1 Å². The summed E-state index contributed by atoms with van der Waals surface area (Å²) in [6.07, 6.45) is 0. The van der Waals surface area contributed by atoms with Crippen LogP contribution in [0, 0.1) is 0 Å². The highest BCUT2D eigenvalue weighted by atomic mass is 15.2. The summed E-state index contributed by atoms with van der Waals surface area (Å²) in [6, 6.07) is 53.4. The molecule has 3 aliphatic rings. The molecule has 6 aromatic carbocycles. The molecular weight excluding hydrogens is 713 g/mol. The fourth-order valence-electron chi connectivity index (χ4n) is 10.3. The van der Waals surface area contributed by atoms with Gasteiger partial charge in [0.15, 0.2) is 0 Å². The zero-order valence-electron chi connectivity index (χ0n) is 36.7. The van der Waals surface area contributed by atoms with Crippen molar-refractivity contribution in [2.24, 2.45) is 0 Å². The van der Waals surface area contributed by atoms with Gasteiger partial charge in [0, 0.05) is 56.3 Å². The van der Waals surface area contributed by atoms with E-state index in [4.69, 9.17) is 0 Å². The summed E-state index contributed by atoms with van der Waals surface area (Å²) in [7, 11) is 0. The van der Waals surface area contributed by atoms with E-state index in [0.717, 1.165) is 0 Å². The molecule has 3 heterocycles. The summed E-state index contributed by atoms with van der Waals surface area (Å²) in [5.74, 6) is 0. The van der Waals surface area contributed by atoms with Crippen molar-refractivity contribution in [3.63, 3.8) is 0 Å². The largest absolute Gasteiger partial charge is 0.319 e. The van der Waals surface area contributed by atoms with E-state index in [1.807, 2.05) is 0 Å². The van der Waals surface area contributed by atoms with E-state index in [0.29, 0.717) is 0 Å². The molecule has 4 heteroatoms. The van der Waals surface area contributed by atoms with Gasteiger partial charge >= 0.3 is 0 Å². The van der Waals surface area contributed by atoms with E-state index in [-0.39, 0.29) is 28.4 Å². The molecule has 7 aromatic rings. The quantitative estimate of drug-likeness (QED) is 0.166. The second kappa shape index (κ2) is 12.6. The molecule has 0 saturated carbocycles. The highest BCUT2D eigenvalue weighted by Crippen LogP contribution is 2.57. The molecule has 0 saturated heterocycles. The van der Waals surface area contributed by atoms with E-state index in [9.17, 15) is 0 Å². The fraction of sp³-hybridized carbons (Fsp3) is 0.273. The molecule has 3 nitrogen and oxygen atoms in total. The number of para-hydroxylation sites is 1. The Morgan fingerprint density at radius 2 is 1.00 bits per heavy atom. The van der Waals surface area contributed by atoms with Crippen molar-refractivity contribution in [2.45, 2.75) is 97.8 Å². The van der Waals surface area contributed by atoms with Crippen LogP contribution >= 0.6 is 0 Å². The molecule has 59 heavy (non-hydrogen) atoms. The molecule has 10 rings (SSSR count). The minimum Gasteiger partial charge on any atom is -0.319 e. The minimum atomic E-state index is -0.247. The van der Waals surface area contributed by atoms with Gasteiger partial charge in [0.2, 0.25) is 0 Å². The van der Waals surface area contributed by atoms with Crippen molar-refractivity contribution in [3.8, 4) is 16.9 Å². The molecule has 0 fully saturated rings. The molecular formula is C55H56BN3. The Morgan fingerprint density at radius 3 is 1.59 bits per heavy atom. The molecule has 0 N–H and O–H groups in total. The lowest BCUT2D eigenvalue weighted by Gasteiger charge is -2.45. The Morgan fingerprint density at radius 1 is 0.475 bits per heavy atom. The highest BCUT2D eigenvalue weighted by molar-refractivity contribution is 7.00. The van der Waals surface area contributed by atoms with Crippen molar-refractivity contribution in [1.29, 1.82) is 0 Å². The normalized spacial score (nSPS) is 15.1. The number of aromatic nitrogens is 1. The molecule has 0 spiro atoms. The van der Waals surface area contributed by atoms with Gasteiger partial charge in [0.25, 0.3) is 6.71 Å². The average Bonchev–Trinajstić information content (AvgIpc) is 3.67. The third-order valence-electron chi connectivity index (χ3n) is 13.4. The Balaban J connectivity index is 1.36. The summed E-state index contributed by atoms with van der Waals surface area (Å²) in [4.78, 5) is 5.18. The van der Waals surface area contributed by atoms with E-state index in [1.54, 1.807) is 0 Å². The van der Waals surface area contributed by atoms with Crippen LogP contribution in [0.2, 0.25) is 0 Å². The molecule has 1 aromatic heterocycles. The van der Waals surface area contributed by atoms with Gasteiger partial charge in [-0.15, -0.1) is 0 Å². The number of hydrogen-bond donors (Lipinski definition) is 0. The minimum absolute atomic E-state index is 0.0220. The third kappa shape index (κ3) is 5.55. The van der Waals surface area contributed by atoms with Crippen LogP contribution in [0.25, 0.3) is 16.9 Å². The van der Waals surface area contributed by atoms with Gasteiger partial charge in [0.1, 0.15) is 0 Å². The Hall–Kier alpha value is -5.74. The molecule has 0 radical (unpaired) electrons. The van der Waals surface area contributed by atoms with Crippen molar-refractivity contribution in [2.75, 3.05) is 9.80 Å². The number of hydrogen-bond acceptors (Lipinski definition) is 2. The van der Waals surface area contributed by atoms with Crippen molar-refractivity contribution in [1.82, 2.24) is 4.57 Å². The number of fused-ring (bicyclic) bond motifs is 8. The lowest BCUT2D eigenvalue weighted by atomic mass is 9.34. The van der Waals surface area contributed by atoms with Gasteiger partial charge in [-0.3, -0.25) is 0 Å². The molecule has 1 aliphatic carbocycles. The monoisotopic (exact) mass is 769 g/mol. The number of rotatable bonds is 3. The van der Waals surface area contributed by atoms with Gasteiger partial charge in [-0.25, -0.2) is 0 Å². The van der Waals surface area contributed by atoms with Crippen LogP contribution in [0.15, 0.2) is 140 Å². The summed E-state index contributed by atoms with van der Waals surface area (Å²) in [6.45, 7) is 25.6. The maximum absolute atomic E-state index is 2.65. The van der Waals surface area contributed by atoms with Crippen LogP contribution in [-0.2, 0) is 21.7 Å². The van der Waals surface area contributed by atoms with Gasteiger partial charge < -0.3 is 14.4 Å². The smallest absolute Gasteiger partial charge is 0.273 e. The van der Waals surface area contributed by atoms with E-state index < -0.39 is 0 Å². The fourth-order valence-corrected chi connectivity index (χ4v) is 10.3. The van der Waals surface area contributed by atoms with Crippen LogP contribution in [-0.4, -0.2) is 11.3 Å². The van der Waals surface area contributed by atoms with Gasteiger partial charge in [-0.2, -0.15) is 0 Å². The van der Waals surface area contributed by atoms with Crippen LogP contribution < -0.4 is 26.3 Å². The van der Waals surface area contributed by atoms with Gasteiger partial charge in [0.05, 0.1) is 11.4 Å². The van der Waals surface area contributed by atoms with Gasteiger partial charge in [-0.1, -0.05) is 161 Å². The predicted molar refractivity (Wildman–Crippen MR) is 253 cm³/mol. The summed E-state index contributed by atoms with van der Waals surface area (Å²) >= 11 is 0. The van der Waals surface area contributed by atoms with E-state index in [1.165, 1.54) is 95.4 Å². The zero-order chi connectivity index (χ0) is 41.4. The van der Waals surface area contributed by atoms with Crippen LogP contribution in [0.3, 0.4) is 0 Å². The SMILES string of the molecule is CC(C)(C)c1ccc(N2c3cc(C(C)(C)C)ccc3B3c4c2cccc4N(c2ccc(C(C)(C)C)cc2)c2c4c(n(-c5ccccc5)c23)-c2ccccc2C4(C)C)cc1. The Kier molecular flexibility index (Phi) is 8.04. The van der Waals surface area contributed by atoms with E-state index in [2.05, 4.69) is 230 Å². The topological polar surface area (TPSA) is 11.4 Å². The van der Waals surface area contributed by atoms with Gasteiger partial charge in [-0.05, 0) is 104 Å². The lowest BCUT2D eigenvalue weighted by molar-refractivity contribution is 0.590. The highest BCUT2D eigenvalue weighted by Gasteiger charge is 2.52. The number of nitrogens with zero attached hydrogens (tertiary/aromatic N) is 3. The first-order valence-corrected chi connectivity index (χ1v) is 21.5. The second-order valence-corrected chi connectivity index (χ2v) is 20.7. The maximum Gasteiger partial charge on any atom is 0.273 e. The summed E-state index contributed by atoms with van der Waals surface area (Å²) in [5, 5.41) is 0. The van der Waals surface area contributed by atoms with Crippen molar-refractivity contribution >= 4 is 57.4 Å². The zero-order valence-corrected chi connectivity index (χ0v) is 36.7. The molecule has 0 unspecified atom stereocenters. The lowest BCUT2D eigenvalue weighted by Crippen LogP contribution is -2.63. The predicted octanol–water partition coefficient (Wildman–Crippen LogP) is 12.8. The number of anilines is 6. The van der Waals surface area contributed by atoms with Crippen molar-refractivity contribution in [3.05, 3.63) is 167 Å². The first kappa shape index (κ1) is 37.5. The molecule has 294 valence electrons. The van der Waals surface area contributed by atoms with Crippen molar-refractivity contribution < 1.29 is 0 Å². The second-order valence-electron chi connectivity index (χ2n) is 20.7. The standard InChI is InChI=1S/C55H56BN3/c1-52(2,3)35-24-29-39(30-25-35)57-44-22-17-23-45-48(44)56(43-33-28-37(34-46(43)57)54(7,8)9)51-50(58(45)40-31-26-36(27-32-40)53(4,5)6)47-49(59(51)38-18-13-12-14-19-38)41-20-15-16-21-42(41)55(47,10)11/h12-34H,1-11H3. The first-order valence-electron chi connectivity index (χ1n) is 21.5. The van der Waals surface area contributed by atoms with E-state index >= 15 is 0 Å². The number of benzene rings is 6. The molecule has 0 atom stereocenters. The molecule has 2 aliphatic heterocycles. The maximum atomic E-state index is 2.65.